The predicted octanol–water partition coefficient (Wildman–Crippen LogP) is -1.09. The smallest absolute Gasteiger partial charge is 0.274 e. The van der Waals surface area contributed by atoms with Crippen molar-refractivity contribution in [3.63, 3.8) is 0 Å². The molecule has 1 aliphatic rings. The minimum Gasteiger partial charge on any atom is -0.384 e. The highest BCUT2D eigenvalue weighted by Crippen LogP contribution is 2.13. The second kappa shape index (κ2) is 6.15. The molecule has 21 heavy (non-hydrogen) atoms. The van der Waals surface area contributed by atoms with Crippen molar-refractivity contribution in [3.8, 4) is 11.8 Å². The lowest BCUT2D eigenvalue weighted by Gasteiger charge is -2.31. The van der Waals surface area contributed by atoms with Gasteiger partial charge in [0.2, 0.25) is 11.8 Å². The Kier molecular flexibility index (Phi) is 4.30. The van der Waals surface area contributed by atoms with Crippen molar-refractivity contribution in [2.45, 2.75) is 13.0 Å². The van der Waals surface area contributed by atoms with Crippen LogP contribution in [0.5, 0.6) is 0 Å². The van der Waals surface area contributed by atoms with E-state index in [-0.39, 0.29) is 18.8 Å². The Morgan fingerprint density at radius 3 is 3.05 bits per heavy atom. The van der Waals surface area contributed by atoms with Crippen LogP contribution in [0, 0.1) is 11.8 Å². The number of nitrogens with zero attached hydrogens (tertiary/aromatic N) is 2. The Morgan fingerprint density at radius 2 is 2.33 bits per heavy atom. The molecule has 1 fully saturated rings. The lowest BCUT2D eigenvalue weighted by molar-refractivity contribution is -0.138. The van der Waals surface area contributed by atoms with Crippen LogP contribution in [-0.4, -0.2) is 51.9 Å². The molecule has 1 aliphatic heterocycles. The normalized spacial score (nSPS) is 17.8. The van der Waals surface area contributed by atoms with E-state index in [9.17, 15) is 14.4 Å². The maximum atomic E-state index is 12.5. The lowest BCUT2D eigenvalue weighted by atomic mass is 10.1. The van der Waals surface area contributed by atoms with Crippen molar-refractivity contribution in [1.29, 1.82) is 0 Å². The minimum atomic E-state index is -0.768. The number of carbonyl (C=O) groups excluding carboxylic acids is 3. The Morgan fingerprint density at radius 1 is 1.57 bits per heavy atom. The van der Waals surface area contributed by atoms with Crippen LogP contribution in [0.15, 0.2) is 18.3 Å². The number of carbonyl (C=O) groups is 3. The summed E-state index contributed by atoms with van der Waals surface area (Å²) in [4.78, 5) is 40.6. The molecular formula is C14H13N3O4. The first-order valence-electron chi connectivity index (χ1n) is 6.24. The second-order valence-electron chi connectivity index (χ2n) is 4.38. The van der Waals surface area contributed by atoms with E-state index >= 15 is 0 Å². The summed E-state index contributed by atoms with van der Waals surface area (Å²) in [6.07, 6.45) is 1.42. The van der Waals surface area contributed by atoms with Crippen molar-refractivity contribution >= 4 is 17.7 Å². The molecule has 1 aromatic heterocycles. The number of aromatic nitrogens is 1. The number of imide groups is 1. The summed E-state index contributed by atoms with van der Waals surface area (Å²) in [6, 6.07) is 2.42. The van der Waals surface area contributed by atoms with Crippen molar-refractivity contribution in [2.24, 2.45) is 0 Å². The van der Waals surface area contributed by atoms with E-state index in [2.05, 4.69) is 22.1 Å². The number of nitrogens with one attached hydrogen (secondary N) is 1. The third kappa shape index (κ3) is 3.07. The average molecular weight is 287 g/mol. The molecule has 0 radical (unpaired) electrons. The molecule has 0 aliphatic carbocycles. The SMILES string of the molecule is CC1C(=O)NC(=O)CN1C(=O)c1ncccc1C#CCO. The first-order valence-corrected chi connectivity index (χ1v) is 6.24. The highest BCUT2D eigenvalue weighted by atomic mass is 16.2. The Bertz CT molecular complexity index is 660. The van der Waals surface area contributed by atoms with Crippen molar-refractivity contribution in [3.05, 3.63) is 29.6 Å². The summed E-state index contributed by atoms with van der Waals surface area (Å²) >= 11 is 0. The molecule has 2 rings (SSSR count). The highest BCUT2D eigenvalue weighted by molar-refractivity contribution is 6.07. The molecule has 7 heteroatoms. The molecule has 1 aromatic rings. The van der Waals surface area contributed by atoms with Gasteiger partial charge in [-0.15, -0.1) is 0 Å². The summed E-state index contributed by atoms with van der Waals surface area (Å²) in [5.74, 6) is 3.45. The van der Waals surface area contributed by atoms with Gasteiger partial charge in [-0.2, -0.15) is 0 Å². The largest absolute Gasteiger partial charge is 0.384 e. The molecule has 1 atom stereocenters. The van der Waals surface area contributed by atoms with Crippen LogP contribution < -0.4 is 5.32 Å². The molecule has 0 spiro atoms. The molecule has 0 aromatic carbocycles. The molecule has 0 saturated carbocycles. The van der Waals surface area contributed by atoms with E-state index < -0.39 is 23.8 Å². The van der Waals surface area contributed by atoms with Gasteiger partial charge in [-0.1, -0.05) is 11.8 Å². The molecule has 0 bridgehead atoms. The highest BCUT2D eigenvalue weighted by Gasteiger charge is 2.35. The quantitative estimate of drug-likeness (QED) is 0.505. The van der Waals surface area contributed by atoms with Gasteiger partial charge < -0.3 is 10.0 Å². The van der Waals surface area contributed by atoms with Gasteiger partial charge in [0.1, 0.15) is 24.9 Å². The molecule has 2 N–H and O–H groups in total. The Labute approximate surface area is 121 Å². The number of pyridine rings is 1. The number of aliphatic hydroxyl groups is 1. The zero-order valence-corrected chi connectivity index (χ0v) is 11.3. The van der Waals surface area contributed by atoms with Gasteiger partial charge in [0.25, 0.3) is 5.91 Å². The summed E-state index contributed by atoms with van der Waals surface area (Å²) < 4.78 is 0. The van der Waals surface area contributed by atoms with E-state index in [0.717, 1.165) is 4.90 Å². The molecule has 108 valence electrons. The summed E-state index contributed by atoms with van der Waals surface area (Å²) in [5, 5.41) is 10.9. The molecular weight excluding hydrogens is 274 g/mol. The van der Waals surface area contributed by atoms with Gasteiger partial charge in [0.05, 0.1) is 5.56 Å². The van der Waals surface area contributed by atoms with E-state index in [4.69, 9.17) is 5.11 Å². The topological polar surface area (TPSA) is 99.6 Å². The first-order chi connectivity index (χ1) is 10.0. The molecule has 1 saturated heterocycles. The van der Waals surface area contributed by atoms with Crippen LogP contribution in [-0.2, 0) is 9.59 Å². The summed E-state index contributed by atoms with van der Waals surface area (Å²) in [6.45, 7) is 0.973. The van der Waals surface area contributed by atoms with Crippen LogP contribution in [0.25, 0.3) is 0 Å². The van der Waals surface area contributed by atoms with Gasteiger partial charge in [-0.3, -0.25) is 19.7 Å². The predicted molar refractivity (Wildman–Crippen MR) is 71.8 cm³/mol. The monoisotopic (exact) mass is 287 g/mol. The van der Waals surface area contributed by atoms with Crippen molar-refractivity contribution in [2.75, 3.05) is 13.2 Å². The maximum absolute atomic E-state index is 12.5. The fourth-order valence-electron chi connectivity index (χ4n) is 1.91. The van der Waals surface area contributed by atoms with E-state index in [1.54, 1.807) is 12.1 Å². The standard InChI is InChI=1S/C14H13N3O4/c1-9-13(20)16-11(19)8-17(9)14(21)12-10(5-3-7-18)4-2-6-15-12/h2,4,6,9,18H,7-8H2,1H3,(H,16,19,20). The van der Waals surface area contributed by atoms with Gasteiger partial charge in [-0.25, -0.2) is 4.98 Å². The number of hydrogen-bond acceptors (Lipinski definition) is 5. The first kappa shape index (κ1) is 14.7. The van der Waals surface area contributed by atoms with Crippen LogP contribution in [0.1, 0.15) is 23.0 Å². The fraction of sp³-hybridized carbons (Fsp3) is 0.286. The van der Waals surface area contributed by atoms with Crippen molar-refractivity contribution in [1.82, 2.24) is 15.2 Å². The second-order valence-corrected chi connectivity index (χ2v) is 4.38. The van der Waals surface area contributed by atoms with Crippen LogP contribution in [0.4, 0.5) is 0 Å². The van der Waals surface area contributed by atoms with Gasteiger partial charge in [-0.05, 0) is 19.1 Å². The van der Waals surface area contributed by atoms with Gasteiger partial charge in [0.15, 0.2) is 0 Å². The number of aliphatic hydroxyl groups excluding tert-OH is 1. The number of rotatable bonds is 1. The van der Waals surface area contributed by atoms with Crippen molar-refractivity contribution < 1.29 is 19.5 Å². The lowest BCUT2D eigenvalue weighted by Crippen LogP contribution is -2.58. The average Bonchev–Trinajstić information content (AvgIpc) is 2.48. The van der Waals surface area contributed by atoms with Crippen LogP contribution in [0.2, 0.25) is 0 Å². The summed E-state index contributed by atoms with van der Waals surface area (Å²) in [7, 11) is 0. The Balaban J connectivity index is 2.35. The van der Waals surface area contributed by atoms with Crippen LogP contribution >= 0.6 is 0 Å². The molecule has 2 heterocycles. The molecule has 7 nitrogen and oxygen atoms in total. The maximum Gasteiger partial charge on any atom is 0.274 e. The molecule has 1 unspecified atom stereocenters. The van der Waals surface area contributed by atoms with E-state index in [1.807, 2.05) is 0 Å². The zero-order valence-electron chi connectivity index (χ0n) is 11.3. The summed E-state index contributed by atoms with van der Waals surface area (Å²) in [5.41, 5.74) is 0.384. The van der Waals surface area contributed by atoms with E-state index in [0.29, 0.717) is 5.56 Å². The number of hydrogen-bond donors (Lipinski definition) is 2. The third-order valence-electron chi connectivity index (χ3n) is 3.00. The van der Waals surface area contributed by atoms with Gasteiger partial charge >= 0.3 is 0 Å². The number of amides is 3. The molecule has 3 amide bonds. The Hall–Kier alpha value is -2.72. The fourth-order valence-corrected chi connectivity index (χ4v) is 1.91. The van der Waals surface area contributed by atoms with Crippen LogP contribution in [0.3, 0.4) is 0 Å². The zero-order chi connectivity index (χ0) is 15.4. The minimum absolute atomic E-state index is 0.0489. The number of piperazine rings is 1. The van der Waals surface area contributed by atoms with Gasteiger partial charge in [0, 0.05) is 6.20 Å². The third-order valence-corrected chi connectivity index (χ3v) is 3.00. The van der Waals surface area contributed by atoms with E-state index in [1.165, 1.54) is 13.1 Å².